The molecular weight excluding hydrogens is 639 g/mol. The van der Waals surface area contributed by atoms with Gasteiger partial charge in [-0.3, -0.25) is 0 Å². The Morgan fingerprint density at radius 2 is 0.906 bits per heavy atom. The Morgan fingerprint density at radius 3 is 1.47 bits per heavy atom. The van der Waals surface area contributed by atoms with Gasteiger partial charge in [-0.1, -0.05) is 163 Å². The largest absolute Gasteiger partial charge is 0.310 e. The molecule has 0 radical (unpaired) electrons. The summed E-state index contributed by atoms with van der Waals surface area (Å²) in [4.78, 5) is 2.56. The van der Waals surface area contributed by atoms with E-state index in [1.807, 2.05) is 0 Å². The topological polar surface area (TPSA) is 3.24 Å². The SMILES string of the molecule is CC(C)(C)c1ccc2c(c1)C(C)(C)c1cc(N(c3ccc4c(c3)C(C)(C)c3ccccc3-4)c3cccc4c(C(C)(C)C)cc(C(C)(C)C)cc34)ccc1-2. The lowest BCUT2D eigenvalue weighted by atomic mass is 9.77. The average Bonchev–Trinajstić information content (AvgIpc) is 3.45. The second kappa shape index (κ2) is 11.4. The zero-order chi connectivity index (χ0) is 38.0. The van der Waals surface area contributed by atoms with Gasteiger partial charge in [-0.15, -0.1) is 0 Å². The minimum atomic E-state index is -0.132. The van der Waals surface area contributed by atoms with Crippen LogP contribution in [-0.2, 0) is 27.1 Å². The van der Waals surface area contributed by atoms with Crippen LogP contribution in [0.2, 0.25) is 0 Å². The van der Waals surface area contributed by atoms with Gasteiger partial charge in [0, 0.05) is 27.6 Å². The Labute approximate surface area is 319 Å². The third-order valence-electron chi connectivity index (χ3n) is 12.5. The number of anilines is 3. The maximum Gasteiger partial charge on any atom is 0.0540 e. The average molecular weight is 696 g/mol. The summed E-state index contributed by atoms with van der Waals surface area (Å²) in [6.45, 7) is 30.6. The fourth-order valence-corrected chi connectivity index (χ4v) is 9.21. The molecule has 0 fully saturated rings. The summed E-state index contributed by atoms with van der Waals surface area (Å²) in [5.74, 6) is 0. The Balaban J connectivity index is 1.40. The number of hydrogen-bond acceptors (Lipinski definition) is 1. The van der Waals surface area contributed by atoms with Crippen molar-refractivity contribution in [3.8, 4) is 22.3 Å². The zero-order valence-corrected chi connectivity index (χ0v) is 34.3. The molecule has 0 saturated heterocycles. The fraction of sp³-hybridized carbons (Fsp3) is 0.346. The minimum absolute atomic E-state index is 0.00474. The standard InChI is InChI=1S/C52H57N/c1-48(2,3)32-21-24-38-40-26-23-35(31-46(40)52(12,13)44(38)28-32)53(34-22-25-39-36-17-14-15-19-42(36)51(10,11)45(39)30-34)47-20-16-18-37-41(47)27-33(49(4,5)6)29-43(37)50(7,8)9/h14-31H,1-13H3. The molecular formula is C52H57N. The fourth-order valence-electron chi connectivity index (χ4n) is 9.21. The van der Waals surface area contributed by atoms with Crippen molar-refractivity contribution in [1.82, 2.24) is 0 Å². The zero-order valence-electron chi connectivity index (χ0n) is 34.3. The molecule has 0 heterocycles. The quantitative estimate of drug-likeness (QED) is 0.178. The van der Waals surface area contributed by atoms with Crippen LogP contribution in [0.25, 0.3) is 33.0 Å². The molecule has 0 aliphatic heterocycles. The molecule has 0 spiro atoms. The van der Waals surface area contributed by atoms with Crippen LogP contribution in [0.4, 0.5) is 17.1 Å². The van der Waals surface area contributed by atoms with Crippen LogP contribution in [0, 0.1) is 0 Å². The van der Waals surface area contributed by atoms with Gasteiger partial charge in [0.05, 0.1) is 5.69 Å². The van der Waals surface area contributed by atoms with Crippen molar-refractivity contribution >= 4 is 27.8 Å². The van der Waals surface area contributed by atoms with E-state index < -0.39 is 0 Å². The van der Waals surface area contributed by atoms with Gasteiger partial charge in [0.15, 0.2) is 0 Å². The lowest BCUT2D eigenvalue weighted by molar-refractivity contribution is 0.573. The third kappa shape index (κ3) is 5.48. The number of fused-ring (bicyclic) bond motifs is 7. The van der Waals surface area contributed by atoms with Crippen LogP contribution in [0.15, 0.2) is 109 Å². The van der Waals surface area contributed by atoms with Gasteiger partial charge in [0.2, 0.25) is 0 Å². The molecule has 0 atom stereocenters. The number of rotatable bonds is 3. The predicted octanol–water partition coefficient (Wildman–Crippen LogP) is 14.8. The third-order valence-corrected chi connectivity index (χ3v) is 12.5. The first-order valence-corrected chi connectivity index (χ1v) is 19.6. The minimum Gasteiger partial charge on any atom is -0.310 e. The van der Waals surface area contributed by atoms with Crippen molar-refractivity contribution in [1.29, 1.82) is 0 Å². The summed E-state index contributed by atoms with van der Waals surface area (Å²) in [5.41, 5.74) is 18.6. The number of benzene rings is 6. The van der Waals surface area contributed by atoms with E-state index in [9.17, 15) is 0 Å². The molecule has 53 heavy (non-hydrogen) atoms. The molecule has 1 heteroatoms. The van der Waals surface area contributed by atoms with E-state index in [0.717, 1.165) is 0 Å². The summed E-state index contributed by atoms with van der Waals surface area (Å²) < 4.78 is 0. The second-order valence-corrected chi connectivity index (χ2v) is 20.0. The molecule has 0 unspecified atom stereocenters. The highest BCUT2D eigenvalue weighted by Crippen LogP contribution is 2.54. The summed E-state index contributed by atoms with van der Waals surface area (Å²) in [6, 6.07) is 42.5. The van der Waals surface area contributed by atoms with E-state index in [1.165, 1.54) is 89.0 Å². The van der Waals surface area contributed by atoms with Gasteiger partial charge in [0.25, 0.3) is 0 Å². The van der Waals surface area contributed by atoms with E-state index in [1.54, 1.807) is 0 Å². The van der Waals surface area contributed by atoms with E-state index in [2.05, 4.69) is 204 Å². The molecule has 0 N–H and O–H groups in total. The first kappa shape index (κ1) is 35.4. The monoisotopic (exact) mass is 695 g/mol. The number of hydrogen-bond donors (Lipinski definition) is 0. The summed E-state index contributed by atoms with van der Waals surface area (Å²) >= 11 is 0. The van der Waals surface area contributed by atoms with Gasteiger partial charge >= 0.3 is 0 Å². The smallest absolute Gasteiger partial charge is 0.0540 e. The molecule has 270 valence electrons. The molecule has 2 aliphatic rings. The van der Waals surface area contributed by atoms with Gasteiger partial charge < -0.3 is 4.90 Å². The molecule has 0 bridgehead atoms. The molecule has 0 saturated carbocycles. The Bertz CT molecular complexity index is 2450. The summed E-state index contributed by atoms with van der Waals surface area (Å²) in [7, 11) is 0. The molecule has 1 nitrogen and oxygen atoms in total. The van der Waals surface area contributed by atoms with Crippen molar-refractivity contribution in [2.45, 2.75) is 117 Å². The van der Waals surface area contributed by atoms with Gasteiger partial charge in [-0.25, -0.2) is 0 Å². The summed E-state index contributed by atoms with van der Waals surface area (Å²) in [6.07, 6.45) is 0. The van der Waals surface area contributed by atoms with Crippen LogP contribution < -0.4 is 4.90 Å². The van der Waals surface area contributed by atoms with Crippen LogP contribution in [0.3, 0.4) is 0 Å². The highest BCUT2D eigenvalue weighted by atomic mass is 15.1. The molecule has 2 aliphatic carbocycles. The Kier molecular flexibility index (Phi) is 7.64. The molecule has 8 rings (SSSR count). The molecule has 0 aromatic heterocycles. The predicted molar refractivity (Wildman–Crippen MR) is 230 cm³/mol. The number of nitrogens with zero attached hydrogens (tertiary/aromatic N) is 1. The van der Waals surface area contributed by atoms with Crippen LogP contribution in [-0.4, -0.2) is 0 Å². The van der Waals surface area contributed by atoms with Crippen molar-refractivity contribution < 1.29 is 0 Å². The van der Waals surface area contributed by atoms with E-state index >= 15 is 0 Å². The van der Waals surface area contributed by atoms with Crippen LogP contribution >= 0.6 is 0 Å². The van der Waals surface area contributed by atoms with Gasteiger partial charge in [-0.2, -0.15) is 0 Å². The van der Waals surface area contributed by atoms with Gasteiger partial charge in [0.1, 0.15) is 0 Å². The highest BCUT2D eigenvalue weighted by molar-refractivity contribution is 6.02. The van der Waals surface area contributed by atoms with E-state index in [0.29, 0.717) is 0 Å². The first-order valence-electron chi connectivity index (χ1n) is 19.6. The van der Waals surface area contributed by atoms with Crippen molar-refractivity contribution in [2.75, 3.05) is 4.90 Å². The van der Waals surface area contributed by atoms with E-state index in [4.69, 9.17) is 0 Å². The maximum absolute atomic E-state index is 2.56. The molecule has 0 amide bonds. The van der Waals surface area contributed by atoms with Crippen molar-refractivity contribution in [3.05, 3.63) is 148 Å². The van der Waals surface area contributed by atoms with E-state index in [-0.39, 0.29) is 27.1 Å². The van der Waals surface area contributed by atoms with Crippen LogP contribution in [0.1, 0.15) is 129 Å². The Morgan fingerprint density at radius 1 is 0.396 bits per heavy atom. The lowest BCUT2D eigenvalue weighted by Gasteiger charge is -2.32. The van der Waals surface area contributed by atoms with Gasteiger partial charge in [-0.05, 0) is 119 Å². The maximum atomic E-state index is 2.56. The highest BCUT2D eigenvalue weighted by Gasteiger charge is 2.39. The molecule has 6 aromatic rings. The lowest BCUT2D eigenvalue weighted by Crippen LogP contribution is -2.19. The first-order chi connectivity index (χ1) is 24.7. The Hall–Kier alpha value is -4.62. The second-order valence-electron chi connectivity index (χ2n) is 20.0. The molecule has 6 aromatic carbocycles. The van der Waals surface area contributed by atoms with Crippen molar-refractivity contribution in [3.63, 3.8) is 0 Å². The summed E-state index contributed by atoms with van der Waals surface area (Å²) in [5, 5.41) is 2.62. The normalized spacial score (nSPS) is 15.6. The van der Waals surface area contributed by atoms with Crippen molar-refractivity contribution in [2.24, 2.45) is 0 Å². The van der Waals surface area contributed by atoms with Crippen LogP contribution in [0.5, 0.6) is 0 Å².